The molecule has 0 spiro atoms. The first kappa shape index (κ1) is 22.5. The van der Waals surface area contributed by atoms with Crippen molar-refractivity contribution in [3.63, 3.8) is 0 Å². The van der Waals surface area contributed by atoms with E-state index in [2.05, 4.69) is 13.8 Å². The first-order valence-corrected chi connectivity index (χ1v) is 12.5. The molecule has 1 aromatic heterocycles. The van der Waals surface area contributed by atoms with Crippen LogP contribution in [0.1, 0.15) is 48.7 Å². The van der Waals surface area contributed by atoms with Crippen LogP contribution in [0, 0.1) is 0 Å². The Balaban J connectivity index is 1.39. The Morgan fingerprint density at radius 2 is 1.69 bits per heavy atom. The molecule has 0 saturated carbocycles. The lowest BCUT2D eigenvalue weighted by Crippen LogP contribution is -2.55. The van der Waals surface area contributed by atoms with Crippen LogP contribution in [0.25, 0.3) is 0 Å². The van der Waals surface area contributed by atoms with Crippen LogP contribution in [-0.4, -0.2) is 73.1 Å². The number of hydrogen-bond donors (Lipinski definition) is 0. The highest BCUT2D eigenvalue weighted by Crippen LogP contribution is 2.25. The number of carbonyl (C=O) groups excluding carboxylic acids is 2. The topological polar surface area (TPSA) is 91.1 Å². The highest BCUT2D eigenvalue weighted by molar-refractivity contribution is 7.89. The van der Waals surface area contributed by atoms with Crippen molar-refractivity contribution < 1.29 is 22.4 Å². The van der Waals surface area contributed by atoms with Crippen molar-refractivity contribution in [1.82, 2.24) is 14.1 Å². The molecule has 9 heteroatoms. The number of rotatable bonds is 5. The van der Waals surface area contributed by atoms with Gasteiger partial charge in [0.25, 0.3) is 5.91 Å². The van der Waals surface area contributed by atoms with Crippen LogP contribution < -0.4 is 0 Å². The molecule has 32 heavy (non-hydrogen) atoms. The van der Waals surface area contributed by atoms with E-state index in [0.717, 1.165) is 12.0 Å². The molecule has 1 aromatic carbocycles. The number of nitrogens with zero attached hydrogens (tertiary/aromatic N) is 3. The quantitative estimate of drug-likeness (QED) is 0.685. The summed E-state index contributed by atoms with van der Waals surface area (Å²) in [5, 5.41) is 0. The zero-order chi connectivity index (χ0) is 22.9. The molecule has 2 aromatic rings. The Bertz CT molecular complexity index is 1060. The SMILES string of the molecule is CC(C)c1ccc(S(=O)(=O)N2CCN(C(=O)[C@@H]3CCCN3C(=O)c3ccco3)CC2)cc1. The van der Waals surface area contributed by atoms with E-state index in [1.165, 1.54) is 10.6 Å². The molecule has 0 radical (unpaired) electrons. The summed E-state index contributed by atoms with van der Waals surface area (Å²) < 4.78 is 32.7. The minimum Gasteiger partial charge on any atom is -0.459 e. The van der Waals surface area contributed by atoms with Crippen molar-refractivity contribution >= 4 is 21.8 Å². The molecule has 2 saturated heterocycles. The highest BCUT2D eigenvalue weighted by Gasteiger charge is 2.39. The average molecular weight is 460 g/mol. The summed E-state index contributed by atoms with van der Waals surface area (Å²) in [5.74, 6) is 0.151. The predicted octanol–water partition coefficient (Wildman–Crippen LogP) is 2.54. The van der Waals surface area contributed by atoms with Gasteiger partial charge in [0.2, 0.25) is 15.9 Å². The number of amides is 2. The molecule has 2 aliphatic rings. The molecule has 2 amide bonds. The number of hydrogen-bond acceptors (Lipinski definition) is 5. The minimum atomic E-state index is -3.61. The van der Waals surface area contributed by atoms with Crippen molar-refractivity contribution in [3.8, 4) is 0 Å². The van der Waals surface area contributed by atoms with E-state index in [4.69, 9.17) is 4.42 Å². The summed E-state index contributed by atoms with van der Waals surface area (Å²) >= 11 is 0. The van der Waals surface area contributed by atoms with E-state index in [0.29, 0.717) is 32.0 Å². The lowest BCUT2D eigenvalue weighted by atomic mass is 10.0. The largest absolute Gasteiger partial charge is 0.459 e. The van der Waals surface area contributed by atoms with Gasteiger partial charge in [0.15, 0.2) is 5.76 Å². The van der Waals surface area contributed by atoms with Gasteiger partial charge >= 0.3 is 0 Å². The monoisotopic (exact) mass is 459 g/mol. The Hall–Kier alpha value is -2.65. The Morgan fingerprint density at radius 1 is 1.00 bits per heavy atom. The molecule has 0 N–H and O–H groups in total. The number of sulfonamides is 1. The fraction of sp³-hybridized carbons (Fsp3) is 0.478. The maximum absolute atomic E-state index is 13.1. The van der Waals surface area contributed by atoms with E-state index < -0.39 is 16.1 Å². The zero-order valence-electron chi connectivity index (χ0n) is 18.4. The summed E-state index contributed by atoms with van der Waals surface area (Å²) in [6.45, 7) is 5.72. The van der Waals surface area contributed by atoms with Gasteiger partial charge < -0.3 is 14.2 Å². The van der Waals surface area contributed by atoms with Gasteiger partial charge in [0.05, 0.1) is 11.2 Å². The number of furan rings is 1. The fourth-order valence-corrected chi connectivity index (χ4v) is 5.76. The lowest BCUT2D eigenvalue weighted by Gasteiger charge is -2.36. The molecule has 2 aliphatic heterocycles. The van der Waals surface area contributed by atoms with E-state index in [1.54, 1.807) is 34.1 Å². The zero-order valence-corrected chi connectivity index (χ0v) is 19.3. The van der Waals surface area contributed by atoms with Crippen molar-refractivity contribution in [1.29, 1.82) is 0 Å². The Kier molecular flexibility index (Phi) is 6.39. The molecule has 8 nitrogen and oxygen atoms in total. The second-order valence-corrected chi connectivity index (χ2v) is 10.5. The minimum absolute atomic E-state index is 0.124. The van der Waals surface area contributed by atoms with Crippen LogP contribution >= 0.6 is 0 Å². The van der Waals surface area contributed by atoms with Crippen molar-refractivity contribution in [3.05, 3.63) is 54.0 Å². The van der Waals surface area contributed by atoms with Crippen LogP contribution in [0.3, 0.4) is 0 Å². The summed E-state index contributed by atoms with van der Waals surface area (Å²) in [6, 6.07) is 9.72. The lowest BCUT2D eigenvalue weighted by molar-refractivity contribution is -0.136. The molecule has 1 atom stereocenters. The summed E-state index contributed by atoms with van der Waals surface area (Å²) in [6.07, 6.45) is 2.80. The normalized spacial score (nSPS) is 20.2. The van der Waals surface area contributed by atoms with Crippen LogP contribution in [0.4, 0.5) is 0 Å². The van der Waals surface area contributed by atoms with E-state index in [9.17, 15) is 18.0 Å². The first-order chi connectivity index (χ1) is 15.3. The molecule has 0 unspecified atom stereocenters. The summed E-state index contributed by atoms with van der Waals surface area (Å²) in [7, 11) is -3.61. The first-order valence-electron chi connectivity index (χ1n) is 11.0. The highest BCUT2D eigenvalue weighted by atomic mass is 32.2. The van der Waals surface area contributed by atoms with Gasteiger partial charge in [0, 0.05) is 32.7 Å². The average Bonchev–Trinajstić information content (AvgIpc) is 3.51. The van der Waals surface area contributed by atoms with Gasteiger partial charge in [-0.05, 0) is 48.6 Å². The summed E-state index contributed by atoms with van der Waals surface area (Å²) in [5.41, 5.74) is 1.09. The second kappa shape index (κ2) is 9.07. The van der Waals surface area contributed by atoms with Gasteiger partial charge in [-0.3, -0.25) is 9.59 Å². The van der Waals surface area contributed by atoms with E-state index >= 15 is 0 Å². The van der Waals surface area contributed by atoms with Crippen molar-refractivity contribution in [2.75, 3.05) is 32.7 Å². The number of likely N-dealkylation sites (tertiary alicyclic amines) is 1. The van der Waals surface area contributed by atoms with Gasteiger partial charge in [-0.25, -0.2) is 8.42 Å². The molecular formula is C23H29N3O5S. The van der Waals surface area contributed by atoms with Gasteiger partial charge in [-0.15, -0.1) is 0 Å². The van der Waals surface area contributed by atoms with Gasteiger partial charge in [-0.1, -0.05) is 26.0 Å². The predicted molar refractivity (Wildman–Crippen MR) is 119 cm³/mol. The Morgan fingerprint density at radius 3 is 2.28 bits per heavy atom. The molecular weight excluding hydrogens is 430 g/mol. The molecule has 0 bridgehead atoms. The Labute approximate surface area is 188 Å². The van der Waals surface area contributed by atoms with E-state index in [1.807, 2.05) is 12.1 Å². The molecule has 2 fully saturated rings. The van der Waals surface area contributed by atoms with Gasteiger partial charge in [0.1, 0.15) is 6.04 Å². The van der Waals surface area contributed by atoms with Crippen LogP contribution in [0.2, 0.25) is 0 Å². The summed E-state index contributed by atoms with van der Waals surface area (Å²) in [4.78, 5) is 29.3. The molecule has 3 heterocycles. The van der Waals surface area contributed by atoms with Crippen LogP contribution in [0.15, 0.2) is 52.0 Å². The van der Waals surface area contributed by atoms with E-state index in [-0.39, 0.29) is 35.6 Å². The fourth-order valence-electron chi connectivity index (χ4n) is 4.34. The number of benzene rings is 1. The second-order valence-electron chi connectivity index (χ2n) is 8.59. The molecule has 0 aliphatic carbocycles. The third-order valence-electron chi connectivity index (χ3n) is 6.27. The standard InChI is InChI=1S/C23H29N3O5S/c1-17(2)18-7-9-19(10-8-18)32(29,30)25-14-12-24(13-15-25)22(27)20-5-3-11-26(20)23(28)21-6-4-16-31-21/h4,6-10,16-17,20H,3,5,11-15H2,1-2H3/t20-/m0/s1. The maximum Gasteiger partial charge on any atom is 0.290 e. The third kappa shape index (κ3) is 4.31. The number of piperazine rings is 1. The van der Waals surface area contributed by atoms with Crippen LogP contribution in [-0.2, 0) is 14.8 Å². The van der Waals surface area contributed by atoms with Crippen LogP contribution in [0.5, 0.6) is 0 Å². The molecule has 172 valence electrons. The van der Waals surface area contributed by atoms with Crippen molar-refractivity contribution in [2.45, 2.75) is 43.5 Å². The van der Waals surface area contributed by atoms with Crippen molar-refractivity contribution in [2.24, 2.45) is 0 Å². The molecule has 4 rings (SSSR count). The third-order valence-corrected chi connectivity index (χ3v) is 8.18. The number of carbonyl (C=O) groups is 2. The van der Waals surface area contributed by atoms with Gasteiger partial charge in [-0.2, -0.15) is 4.31 Å². The smallest absolute Gasteiger partial charge is 0.290 e. The maximum atomic E-state index is 13.1.